The standard InChI is InChI=1S/C11H16N4S/c1-7(12)3-4-13-10-9-5-8(2)16-11(9)15-6-14-10/h5-7H,3-4,12H2,1-2H3,(H,13,14,15). The van der Waals surface area contributed by atoms with Crippen molar-refractivity contribution in [3.05, 3.63) is 17.3 Å². The van der Waals surface area contributed by atoms with Crippen LogP contribution in [0.4, 0.5) is 5.82 Å². The third-order valence-corrected chi connectivity index (χ3v) is 3.30. The first-order valence-electron chi connectivity index (χ1n) is 5.37. The van der Waals surface area contributed by atoms with E-state index in [9.17, 15) is 0 Å². The fraction of sp³-hybridized carbons (Fsp3) is 0.455. The molecule has 0 fully saturated rings. The van der Waals surface area contributed by atoms with Crippen molar-refractivity contribution >= 4 is 27.4 Å². The zero-order valence-electron chi connectivity index (χ0n) is 9.53. The normalized spacial score (nSPS) is 12.9. The Balaban J connectivity index is 2.17. The third kappa shape index (κ3) is 2.48. The van der Waals surface area contributed by atoms with Gasteiger partial charge in [0.25, 0.3) is 0 Å². The minimum absolute atomic E-state index is 0.217. The van der Waals surface area contributed by atoms with E-state index in [0.717, 1.165) is 29.0 Å². The number of nitrogens with two attached hydrogens (primary N) is 1. The van der Waals surface area contributed by atoms with E-state index in [0.29, 0.717) is 0 Å². The Labute approximate surface area is 98.9 Å². The van der Waals surface area contributed by atoms with Crippen LogP contribution in [0.1, 0.15) is 18.2 Å². The lowest BCUT2D eigenvalue weighted by atomic mass is 10.2. The topological polar surface area (TPSA) is 63.8 Å². The Kier molecular flexibility index (Phi) is 3.36. The third-order valence-electron chi connectivity index (χ3n) is 2.34. The molecule has 86 valence electrons. The number of aromatic nitrogens is 2. The Morgan fingerprint density at radius 3 is 3.06 bits per heavy atom. The van der Waals surface area contributed by atoms with Crippen molar-refractivity contribution in [3.63, 3.8) is 0 Å². The first-order valence-corrected chi connectivity index (χ1v) is 6.19. The summed E-state index contributed by atoms with van der Waals surface area (Å²) >= 11 is 1.69. The molecule has 0 saturated heterocycles. The summed E-state index contributed by atoms with van der Waals surface area (Å²) < 4.78 is 0. The quantitative estimate of drug-likeness (QED) is 0.853. The van der Waals surface area contributed by atoms with Crippen molar-refractivity contribution in [2.45, 2.75) is 26.3 Å². The maximum absolute atomic E-state index is 5.70. The number of nitrogens with one attached hydrogen (secondary N) is 1. The summed E-state index contributed by atoms with van der Waals surface area (Å²) in [7, 11) is 0. The van der Waals surface area contributed by atoms with Gasteiger partial charge in [-0.25, -0.2) is 9.97 Å². The predicted molar refractivity (Wildman–Crippen MR) is 68.9 cm³/mol. The molecule has 3 N–H and O–H groups in total. The molecule has 1 atom stereocenters. The maximum atomic E-state index is 5.70. The lowest BCUT2D eigenvalue weighted by Gasteiger charge is -2.07. The van der Waals surface area contributed by atoms with E-state index in [4.69, 9.17) is 5.73 Å². The average molecular weight is 236 g/mol. The van der Waals surface area contributed by atoms with Crippen LogP contribution >= 0.6 is 11.3 Å². The van der Waals surface area contributed by atoms with Crippen LogP contribution in [0.5, 0.6) is 0 Å². The van der Waals surface area contributed by atoms with Crippen LogP contribution in [0, 0.1) is 6.92 Å². The highest BCUT2D eigenvalue weighted by Crippen LogP contribution is 2.27. The van der Waals surface area contributed by atoms with Crippen molar-refractivity contribution in [1.82, 2.24) is 9.97 Å². The van der Waals surface area contributed by atoms with E-state index in [1.807, 2.05) is 6.92 Å². The number of aryl methyl sites for hydroxylation is 1. The second-order valence-corrected chi connectivity index (χ2v) is 5.23. The van der Waals surface area contributed by atoms with Gasteiger partial charge in [-0.2, -0.15) is 0 Å². The van der Waals surface area contributed by atoms with Crippen molar-refractivity contribution in [1.29, 1.82) is 0 Å². The molecule has 2 aromatic heterocycles. The molecule has 2 heterocycles. The van der Waals surface area contributed by atoms with Gasteiger partial charge in [-0.05, 0) is 26.3 Å². The monoisotopic (exact) mass is 236 g/mol. The van der Waals surface area contributed by atoms with E-state index < -0.39 is 0 Å². The highest BCUT2D eigenvalue weighted by molar-refractivity contribution is 7.18. The van der Waals surface area contributed by atoms with Gasteiger partial charge < -0.3 is 11.1 Å². The van der Waals surface area contributed by atoms with Crippen molar-refractivity contribution in [2.75, 3.05) is 11.9 Å². The van der Waals surface area contributed by atoms with Crippen LogP contribution < -0.4 is 11.1 Å². The molecule has 5 heteroatoms. The molecule has 0 aliphatic rings. The summed E-state index contributed by atoms with van der Waals surface area (Å²) in [6.07, 6.45) is 2.54. The number of hydrogen-bond acceptors (Lipinski definition) is 5. The Morgan fingerprint density at radius 2 is 2.31 bits per heavy atom. The van der Waals surface area contributed by atoms with Crippen LogP contribution in [-0.2, 0) is 0 Å². The molecule has 2 aromatic rings. The molecule has 0 spiro atoms. The highest BCUT2D eigenvalue weighted by atomic mass is 32.1. The number of hydrogen-bond donors (Lipinski definition) is 2. The van der Waals surface area contributed by atoms with Crippen LogP contribution in [-0.4, -0.2) is 22.6 Å². The maximum Gasteiger partial charge on any atom is 0.138 e. The lowest BCUT2D eigenvalue weighted by Crippen LogP contribution is -2.19. The van der Waals surface area contributed by atoms with E-state index in [-0.39, 0.29) is 6.04 Å². The van der Waals surface area contributed by atoms with Gasteiger partial charge in [-0.3, -0.25) is 0 Å². The van der Waals surface area contributed by atoms with Gasteiger partial charge in [0.1, 0.15) is 17.0 Å². The zero-order chi connectivity index (χ0) is 11.5. The highest BCUT2D eigenvalue weighted by Gasteiger charge is 2.06. The Morgan fingerprint density at radius 1 is 1.50 bits per heavy atom. The molecule has 1 unspecified atom stereocenters. The molecular weight excluding hydrogens is 220 g/mol. The van der Waals surface area contributed by atoms with E-state index >= 15 is 0 Å². The van der Waals surface area contributed by atoms with Crippen molar-refractivity contribution in [2.24, 2.45) is 5.73 Å². The van der Waals surface area contributed by atoms with Gasteiger partial charge >= 0.3 is 0 Å². The summed E-state index contributed by atoms with van der Waals surface area (Å²) in [6, 6.07) is 2.34. The van der Waals surface area contributed by atoms with Crippen molar-refractivity contribution in [3.8, 4) is 0 Å². The van der Waals surface area contributed by atoms with Crippen molar-refractivity contribution < 1.29 is 0 Å². The zero-order valence-corrected chi connectivity index (χ0v) is 10.3. The van der Waals surface area contributed by atoms with Crippen LogP contribution in [0.3, 0.4) is 0 Å². The second-order valence-electron chi connectivity index (χ2n) is 3.99. The summed E-state index contributed by atoms with van der Waals surface area (Å²) in [5, 5.41) is 4.41. The van der Waals surface area contributed by atoms with Gasteiger partial charge in [0.15, 0.2) is 0 Å². The largest absolute Gasteiger partial charge is 0.369 e. The number of anilines is 1. The number of thiophene rings is 1. The number of fused-ring (bicyclic) bond motifs is 1. The molecule has 2 rings (SSSR count). The fourth-order valence-electron chi connectivity index (χ4n) is 1.54. The second kappa shape index (κ2) is 4.76. The molecular formula is C11H16N4S. The summed E-state index contributed by atoms with van der Waals surface area (Å²) in [5.41, 5.74) is 5.70. The molecule has 0 amide bonds. The van der Waals surface area contributed by atoms with Crippen LogP contribution in [0.25, 0.3) is 10.2 Å². The first-order chi connectivity index (χ1) is 7.66. The molecule has 0 aliphatic heterocycles. The van der Waals surface area contributed by atoms with Crippen LogP contribution in [0.15, 0.2) is 12.4 Å². The minimum Gasteiger partial charge on any atom is -0.369 e. The molecule has 4 nitrogen and oxygen atoms in total. The molecule has 0 aliphatic carbocycles. The van der Waals surface area contributed by atoms with Gasteiger partial charge in [0, 0.05) is 17.5 Å². The van der Waals surface area contributed by atoms with Gasteiger partial charge in [-0.1, -0.05) is 0 Å². The SMILES string of the molecule is Cc1cc2c(NCCC(C)N)ncnc2s1. The summed E-state index contributed by atoms with van der Waals surface area (Å²) in [4.78, 5) is 10.8. The Bertz CT molecular complexity index is 478. The van der Waals surface area contributed by atoms with E-state index in [1.54, 1.807) is 17.7 Å². The fourth-order valence-corrected chi connectivity index (χ4v) is 2.38. The van der Waals surface area contributed by atoms with Gasteiger partial charge in [0.05, 0.1) is 5.39 Å². The predicted octanol–water partition coefficient (Wildman–Crippen LogP) is 2.15. The first kappa shape index (κ1) is 11.3. The smallest absolute Gasteiger partial charge is 0.138 e. The van der Waals surface area contributed by atoms with Gasteiger partial charge in [-0.15, -0.1) is 11.3 Å². The molecule has 0 bridgehead atoms. The van der Waals surface area contributed by atoms with E-state index in [2.05, 4.69) is 28.3 Å². The molecule has 0 saturated carbocycles. The molecule has 0 radical (unpaired) electrons. The summed E-state index contributed by atoms with van der Waals surface area (Å²) in [5.74, 6) is 0.912. The number of nitrogens with zero attached hydrogens (tertiary/aromatic N) is 2. The van der Waals surface area contributed by atoms with Crippen LogP contribution in [0.2, 0.25) is 0 Å². The molecule has 0 aromatic carbocycles. The van der Waals surface area contributed by atoms with Gasteiger partial charge in [0.2, 0.25) is 0 Å². The average Bonchev–Trinajstić information content (AvgIpc) is 2.58. The number of rotatable bonds is 4. The molecule has 16 heavy (non-hydrogen) atoms. The lowest BCUT2D eigenvalue weighted by molar-refractivity contribution is 0.689. The van der Waals surface area contributed by atoms with E-state index in [1.165, 1.54) is 4.88 Å². The Hall–Kier alpha value is -1.20. The summed E-state index contributed by atoms with van der Waals surface area (Å²) in [6.45, 7) is 4.93. The minimum atomic E-state index is 0.217.